The van der Waals surface area contributed by atoms with Gasteiger partial charge in [0.15, 0.2) is 0 Å². The smallest absolute Gasteiger partial charge is 0.139 e. The SMILES string of the molecule is Cn1ccnc1[C@H]1OCC[C@@H]1Nc1ccnc(Cc2ccccc2)n1. The summed E-state index contributed by atoms with van der Waals surface area (Å²) in [5.74, 6) is 2.58. The van der Waals surface area contributed by atoms with Gasteiger partial charge in [0.25, 0.3) is 0 Å². The van der Waals surface area contributed by atoms with Crippen LogP contribution in [0.5, 0.6) is 0 Å². The van der Waals surface area contributed by atoms with Crippen LogP contribution in [0.1, 0.15) is 29.7 Å². The first kappa shape index (κ1) is 15.8. The lowest BCUT2D eigenvalue weighted by molar-refractivity contribution is 0.0983. The van der Waals surface area contributed by atoms with Crippen molar-refractivity contribution in [2.45, 2.75) is 25.0 Å². The van der Waals surface area contributed by atoms with Crippen molar-refractivity contribution in [2.24, 2.45) is 7.05 Å². The summed E-state index contributed by atoms with van der Waals surface area (Å²) in [5.41, 5.74) is 1.20. The molecule has 0 radical (unpaired) electrons. The van der Waals surface area contributed by atoms with E-state index in [4.69, 9.17) is 4.74 Å². The highest BCUT2D eigenvalue weighted by Crippen LogP contribution is 2.29. The molecule has 0 unspecified atom stereocenters. The second-order valence-electron chi connectivity index (χ2n) is 6.25. The molecule has 6 heteroatoms. The minimum Gasteiger partial charge on any atom is -0.368 e. The monoisotopic (exact) mass is 335 g/mol. The normalized spacial score (nSPS) is 19.9. The zero-order valence-corrected chi connectivity index (χ0v) is 14.2. The van der Waals surface area contributed by atoms with Gasteiger partial charge in [-0.15, -0.1) is 0 Å². The molecule has 1 aromatic carbocycles. The van der Waals surface area contributed by atoms with Crippen LogP contribution in [0.15, 0.2) is 55.0 Å². The Morgan fingerprint density at radius 1 is 1.16 bits per heavy atom. The summed E-state index contributed by atoms with van der Waals surface area (Å²) in [6.07, 6.45) is 7.13. The predicted octanol–water partition coefficient (Wildman–Crippen LogP) is 2.74. The number of nitrogens with one attached hydrogen (secondary N) is 1. The molecule has 0 spiro atoms. The van der Waals surface area contributed by atoms with Gasteiger partial charge in [0.05, 0.1) is 6.04 Å². The van der Waals surface area contributed by atoms with Crippen LogP contribution in [0.3, 0.4) is 0 Å². The second-order valence-corrected chi connectivity index (χ2v) is 6.25. The molecule has 2 aromatic heterocycles. The average Bonchev–Trinajstić information content (AvgIpc) is 3.24. The van der Waals surface area contributed by atoms with E-state index in [1.807, 2.05) is 42.1 Å². The van der Waals surface area contributed by atoms with Crippen LogP contribution < -0.4 is 5.32 Å². The molecule has 3 aromatic rings. The molecule has 128 valence electrons. The summed E-state index contributed by atoms with van der Waals surface area (Å²) in [6, 6.07) is 12.3. The maximum absolute atomic E-state index is 5.90. The molecule has 2 atom stereocenters. The number of benzene rings is 1. The maximum Gasteiger partial charge on any atom is 0.139 e. The number of rotatable bonds is 5. The summed E-state index contributed by atoms with van der Waals surface area (Å²) in [6.45, 7) is 0.719. The largest absolute Gasteiger partial charge is 0.368 e. The second kappa shape index (κ2) is 7.03. The molecule has 0 aliphatic carbocycles. The van der Waals surface area contributed by atoms with E-state index in [2.05, 4.69) is 32.4 Å². The zero-order valence-electron chi connectivity index (χ0n) is 14.2. The molecular formula is C19H21N5O. The summed E-state index contributed by atoms with van der Waals surface area (Å²) in [5, 5.41) is 3.50. The third-order valence-corrected chi connectivity index (χ3v) is 4.45. The van der Waals surface area contributed by atoms with Crippen molar-refractivity contribution < 1.29 is 4.74 Å². The molecule has 1 saturated heterocycles. The van der Waals surface area contributed by atoms with E-state index in [0.717, 1.165) is 36.9 Å². The van der Waals surface area contributed by atoms with Gasteiger partial charge in [0, 0.05) is 38.7 Å². The van der Waals surface area contributed by atoms with Gasteiger partial charge in [0.2, 0.25) is 0 Å². The first-order chi connectivity index (χ1) is 12.3. The molecule has 0 amide bonds. The van der Waals surface area contributed by atoms with Gasteiger partial charge in [-0.1, -0.05) is 30.3 Å². The average molecular weight is 335 g/mol. The van der Waals surface area contributed by atoms with Crippen LogP contribution in [0.4, 0.5) is 5.82 Å². The number of ether oxygens (including phenoxy) is 1. The number of imidazole rings is 1. The Morgan fingerprint density at radius 3 is 2.84 bits per heavy atom. The molecule has 6 nitrogen and oxygen atoms in total. The van der Waals surface area contributed by atoms with E-state index in [0.29, 0.717) is 0 Å². The molecule has 4 rings (SSSR count). The Kier molecular flexibility index (Phi) is 4.43. The van der Waals surface area contributed by atoms with E-state index >= 15 is 0 Å². The summed E-state index contributed by atoms with van der Waals surface area (Å²) in [4.78, 5) is 13.5. The van der Waals surface area contributed by atoms with Crippen molar-refractivity contribution >= 4 is 5.82 Å². The van der Waals surface area contributed by atoms with Crippen LogP contribution in [-0.4, -0.2) is 32.2 Å². The fourth-order valence-electron chi connectivity index (χ4n) is 3.18. The molecule has 3 heterocycles. The Bertz CT molecular complexity index is 833. The van der Waals surface area contributed by atoms with Gasteiger partial charge in [-0.3, -0.25) is 0 Å². The van der Waals surface area contributed by atoms with Crippen LogP contribution in [0.25, 0.3) is 0 Å². The number of hydrogen-bond donors (Lipinski definition) is 1. The fraction of sp³-hybridized carbons (Fsp3) is 0.316. The van der Waals surface area contributed by atoms with Crippen molar-refractivity contribution in [3.8, 4) is 0 Å². The quantitative estimate of drug-likeness (QED) is 0.777. The lowest BCUT2D eigenvalue weighted by Crippen LogP contribution is -2.26. The third kappa shape index (κ3) is 3.53. The molecule has 0 bridgehead atoms. The molecule has 1 N–H and O–H groups in total. The third-order valence-electron chi connectivity index (χ3n) is 4.45. The lowest BCUT2D eigenvalue weighted by Gasteiger charge is -2.20. The Hall–Kier alpha value is -2.73. The highest BCUT2D eigenvalue weighted by atomic mass is 16.5. The fourth-order valence-corrected chi connectivity index (χ4v) is 3.18. The first-order valence-corrected chi connectivity index (χ1v) is 8.51. The van der Waals surface area contributed by atoms with Gasteiger partial charge in [-0.2, -0.15) is 0 Å². The van der Waals surface area contributed by atoms with Crippen LogP contribution in [-0.2, 0) is 18.2 Å². The summed E-state index contributed by atoms with van der Waals surface area (Å²) < 4.78 is 7.91. The highest BCUT2D eigenvalue weighted by Gasteiger charge is 2.32. The predicted molar refractivity (Wildman–Crippen MR) is 95.2 cm³/mol. The Morgan fingerprint density at radius 2 is 2.04 bits per heavy atom. The van der Waals surface area contributed by atoms with E-state index in [9.17, 15) is 0 Å². The molecular weight excluding hydrogens is 314 g/mol. The molecule has 0 saturated carbocycles. The topological polar surface area (TPSA) is 64.9 Å². The molecule has 1 aliphatic heterocycles. The zero-order chi connectivity index (χ0) is 17.1. The van der Waals surface area contributed by atoms with Gasteiger partial charge in [-0.25, -0.2) is 15.0 Å². The van der Waals surface area contributed by atoms with Crippen molar-refractivity contribution in [1.29, 1.82) is 0 Å². The highest BCUT2D eigenvalue weighted by molar-refractivity contribution is 5.36. The van der Waals surface area contributed by atoms with Crippen LogP contribution in [0, 0.1) is 0 Å². The van der Waals surface area contributed by atoms with Crippen molar-refractivity contribution in [3.63, 3.8) is 0 Å². The van der Waals surface area contributed by atoms with Crippen molar-refractivity contribution in [2.75, 3.05) is 11.9 Å². The van der Waals surface area contributed by atoms with E-state index in [-0.39, 0.29) is 12.1 Å². The van der Waals surface area contributed by atoms with E-state index in [1.165, 1.54) is 5.56 Å². The molecule has 1 aliphatic rings. The maximum atomic E-state index is 5.90. The van der Waals surface area contributed by atoms with Gasteiger partial charge in [-0.05, 0) is 18.1 Å². The number of hydrogen-bond acceptors (Lipinski definition) is 5. The minimum atomic E-state index is -0.0625. The summed E-state index contributed by atoms with van der Waals surface area (Å²) in [7, 11) is 1.99. The lowest BCUT2D eigenvalue weighted by atomic mass is 10.1. The van der Waals surface area contributed by atoms with E-state index in [1.54, 1.807) is 12.4 Å². The van der Waals surface area contributed by atoms with Crippen LogP contribution >= 0.6 is 0 Å². The first-order valence-electron chi connectivity index (χ1n) is 8.51. The summed E-state index contributed by atoms with van der Waals surface area (Å²) >= 11 is 0. The number of aromatic nitrogens is 4. The minimum absolute atomic E-state index is 0.0625. The van der Waals surface area contributed by atoms with Gasteiger partial charge in [0.1, 0.15) is 23.6 Å². The number of anilines is 1. The van der Waals surface area contributed by atoms with Crippen LogP contribution in [0.2, 0.25) is 0 Å². The molecule has 25 heavy (non-hydrogen) atoms. The van der Waals surface area contributed by atoms with Crippen molar-refractivity contribution in [3.05, 3.63) is 72.2 Å². The standard InChI is InChI=1S/C19H21N5O/c1-24-11-10-21-19(24)18-15(8-12-25-18)22-16-7-9-20-17(23-16)13-14-5-3-2-4-6-14/h2-7,9-11,15,18H,8,12-13H2,1H3,(H,20,22,23)/t15-,18-/m0/s1. The van der Waals surface area contributed by atoms with Crippen molar-refractivity contribution in [1.82, 2.24) is 19.5 Å². The number of nitrogens with zero attached hydrogens (tertiary/aromatic N) is 4. The Labute approximate surface area is 146 Å². The van der Waals surface area contributed by atoms with E-state index < -0.39 is 0 Å². The van der Waals surface area contributed by atoms with Gasteiger partial charge >= 0.3 is 0 Å². The molecule has 1 fully saturated rings. The Balaban J connectivity index is 1.49. The van der Waals surface area contributed by atoms with Gasteiger partial charge < -0.3 is 14.6 Å². The number of aryl methyl sites for hydroxylation is 1.